The average molecular weight is 199 g/mol. The number of aromatic nitrogens is 2. The third-order valence-corrected chi connectivity index (χ3v) is 2.25. The molecule has 1 aromatic heterocycles. The summed E-state index contributed by atoms with van der Waals surface area (Å²) in [7, 11) is 0. The monoisotopic (exact) mass is 199 g/mol. The third-order valence-electron chi connectivity index (χ3n) is 2.25. The Morgan fingerprint density at radius 1 is 1.07 bits per heavy atom. The first kappa shape index (κ1) is 9.80. The minimum Gasteiger partial charge on any atom is -0.330 e. The molecule has 0 saturated heterocycles. The summed E-state index contributed by atoms with van der Waals surface area (Å²) in [4.78, 5) is 8.00. The summed E-state index contributed by atoms with van der Waals surface area (Å²) in [6.07, 6.45) is 6.07. The molecule has 0 fully saturated rings. The lowest BCUT2D eigenvalue weighted by Gasteiger charge is -2.03. The molecule has 0 spiro atoms. The Morgan fingerprint density at radius 3 is 2.60 bits per heavy atom. The molecule has 1 heterocycles. The Bertz CT molecular complexity index is 426. The van der Waals surface area contributed by atoms with Crippen LogP contribution in [0.4, 0.5) is 0 Å². The van der Waals surface area contributed by atoms with Gasteiger partial charge in [0.25, 0.3) is 0 Å². The van der Waals surface area contributed by atoms with Crippen molar-refractivity contribution in [3.63, 3.8) is 0 Å². The van der Waals surface area contributed by atoms with E-state index < -0.39 is 0 Å². The van der Waals surface area contributed by atoms with E-state index in [0.29, 0.717) is 6.54 Å². The van der Waals surface area contributed by atoms with Crippen molar-refractivity contribution in [2.75, 3.05) is 6.54 Å². The second kappa shape index (κ2) is 4.66. The number of hydrogen-bond donors (Lipinski definition) is 1. The van der Waals surface area contributed by atoms with Crippen molar-refractivity contribution in [1.29, 1.82) is 0 Å². The van der Waals surface area contributed by atoms with Gasteiger partial charge < -0.3 is 5.73 Å². The highest BCUT2D eigenvalue weighted by atomic mass is 14.8. The maximum absolute atomic E-state index is 5.52. The predicted octanol–water partition coefficient (Wildman–Crippen LogP) is 1.64. The molecule has 0 unspecified atom stereocenters. The van der Waals surface area contributed by atoms with Crippen LogP contribution in [0.25, 0.3) is 11.1 Å². The van der Waals surface area contributed by atoms with Gasteiger partial charge in [0, 0.05) is 18.0 Å². The number of nitrogens with zero attached hydrogens (tertiary/aromatic N) is 2. The van der Waals surface area contributed by atoms with Crippen LogP contribution in [0.15, 0.2) is 43.0 Å². The summed E-state index contributed by atoms with van der Waals surface area (Å²) in [5, 5.41) is 0. The summed E-state index contributed by atoms with van der Waals surface area (Å²) in [6.45, 7) is 0.675. The highest BCUT2D eigenvalue weighted by Gasteiger charge is 1.98. The van der Waals surface area contributed by atoms with Crippen molar-refractivity contribution in [2.45, 2.75) is 6.42 Å². The summed E-state index contributed by atoms with van der Waals surface area (Å²) in [5.74, 6) is 0. The molecule has 0 atom stereocenters. The molecule has 3 heteroatoms. The Kier molecular flexibility index (Phi) is 3.05. The lowest BCUT2D eigenvalue weighted by atomic mass is 10.0. The van der Waals surface area contributed by atoms with Gasteiger partial charge in [0.1, 0.15) is 6.33 Å². The molecule has 3 nitrogen and oxygen atoms in total. The van der Waals surface area contributed by atoms with Gasteiger partial charge in [-0.3, -0.25) is 0 Å². The molecule has 0 amide bonds. The maximum Gasteiger partial charge on any atom is 0.115 e. The van der Waals surface area contributed by atoms with Crippen molar-refractivity contribution in [3.05, 3.63) is 48.5 Å². The topological polar surface area (TPSA) is 51.8 Å². The van der Waals surface area contributed by atoms with Gasteiger partial charge >= 0.3 is 0 Å². The van der Waals surface area contributed by atoms with Crippen molar-refractivity contribution < 1.29 is 0 Å². The normalized spacial score (nSPS) is 10.2. The van der Waals surface area contributed by atoms with Gasteiger partial charge in [-0.05, 0) is 24.1 Å². The van der Waals surface area contributed by atoms with Gasteiger partial charge in [-0.1, -0.05) is 24.3 Å². The van der Waals surface area contributed by atoms with Gasteiger partial charge in [-0.15, -0.1) is 0 Å². The zero-order valence-corrected chi connectivity index (χ0v) is 8.43. The molecule has 0 aliphatic carbocycles. The minimum absolute atomic E-state index is 0.675. The van der Waals surface area contributed by atoms with Crippen LogP contribution in [0.1, 0.15) is 5.56 Å². The molecule has 0 radical (unpaired) electrons. The van der Waals surface area contributed by atoms with Crippen LogP contribution in [0.5, 0.6) is 0 Å². The molecule has 2 N–H and O–H groups in total. The largest absolute Gasteiger partial charge is 0.330 e. The Morgan fingerprint density at radius 2 is 1.87 bits per heavy atom. The molecule has 76 valence electrons. The number of benzene rings is 1. The molecule has 1 aromatic carbocycles. The van der Waals surface area contributed by atoms with E-state index in [9.17, 15) is 0 Å². The second-order valence-electron chi connectivity index (χ2n) is 3.37. The Hall–Kier alpha value is -1.74. The number of hydrogen-bond acceptors (Lipinski definition) is 3. The molecular weight excluding hydrogens is 186 g/mol. The highest BCUT2D eigenvalue weighted by molar-refractivity contribution is 5.62. The van der Waals surface area contributed by atoms with Crippen LogP contribution < -0.4 is 5.73 Å². The van der Waals surface area contributed by atoms with E-state index in [1.807, 2.05) is 18.5 Å². The number of rotatable bonds is 3. The molecule has 0 aliphatic rings. The zero-order valence-electron chi connectivity index (χ0n) is 8.43. The van der Waals surface area contributed by atoms with Crippen molar-refractivity contribution >= 4 is 0 Å². The van der Waals surface area contributed by atoms with E-state index >= 15 is 0 Å². The standard InChI is InChI=1S/C12H13N3/c13-5-4-10-2-1-3-11(6-10)12-7-14-9-15-8-12/h1-3,6-9H,4-5,13H2. The van der Waals surface area contributed by atoms with Crippen molar-refractivity contribution in [2.24, 2.45) is 5.73 Å². The predicted molar refractivity (Wildman–Crippen MR) is 60.2 cm³/mol. The molecule has 0 aliphatic heterocycles. The van der Waals surface area contributed by atoms with Crippen LogP contribution in [0, 0.1) is 0 Å². The quantitative estimate of drug-likeness (QED) is 0.817. The molecule has 0 saturated carbocycles. The van der Waals surface area contributed by atoms with Crippen LogP contribution >= 0.6 is 0 Å². The Balaban J connectivity index is 2.33. The van der Waals surface area contributed by atoms with E-state index in [0.717, 1.165) is 17.5 Å². The van der Waals surface area contributed by atoms with Crippen LogP contribution in [-0.4, -0.2) is 16.5 Å². The molecule has 2 aromatic rings. The van der Waals surface area contributed by atoms with Crippen LogP contribution in [-0.2, 0) is 6.42 Å². The molecule has 15 heavy (non-hydrogen) atoms. The first-order valence-corrected chi connectivity index (χ1v) is 4.94. The van der Waals surface area contributed by atoms with Gasteiger partial charge in [0.2, 0.25) is 0 Å². The Labute approximate surface area is 89.0 Å². The lowest BCUT2D eigenvalue weighted by Crippen LogP contribution is -2.02. The van der Waals surface area contributed by atoms with Crippen molar-refractivity contribution in [3.8, 4) is 11.1 Å². The summed E-state index contributed by atoms with van der Waals surface area (Å²) in [6, 6.07) is 8.30. The van der Waals surface area contributed by atoms with E-state index in [1.54, 1.807) is 0 Å². The SMILES string of the molecule is NCCc1cccc(-c2cncnc2)c1. The van der Waals surface area contributed by atoms with Crippen LogP contribution in [0.3, 0.4) is 0 Å². The first-order chi connectivity index (χ1) is 7.40. The van der Waals surface area contributed by atoms with Gasteiger partial charge in [-0.25, -0.2) is 9.97 Å². The van der Waals surface area contributed by atoms with E-state index in [-0.39, 0.29) is 0 Å². The van der Waals surface area contributed by atoms with Crippen molar-refractivity contribution in [1.82, 2.24) is 9.97 Å². The zero-order chi connectivity index (χ0) is 10.5. The third kappa shape index (κ3) is 2.39. The second-order valence-corrected chi connectivity index (χ2v) is 3.37. The lowest BCUT2D eigenvalue weighted by molar-refractivity contribution is 0.969. The summed E-state index contributed by atoms with van der Waals surface area (Å²) >= 11 is 0. The highest BCUT2D eigenvalue weighted by Crippen LogP contribution is 2.18. The fourth-order valence-electron chi connectivity index (χ4n) is 1.52. The van der Waals surface area contributed by atoms with E-state index in [2.05, 4.69) is 28.2 Å². The molecular formula is C12H13N3. The van der Waals surface area contributed by atoms with E-state index in [4.69, 9.17) is 5.73 Å². The van der Waals surface area contributed by atoms with E-state index in [1.165, 1.54) is 11.9 Å². The average Bonchev–Trinajstić information content (AvgIpc) is 2.31. The molecule has 0 bridgehead atoms. The van der Waals surface area contributed by atoms with Gasteiger partial charge in [0.05, 0.1) is 0 Å². The summed E-state index contributed by atoms with van der Waals surface area (Å²) < 4.78 is 0. The number of nitrogens with two attached hydrogens (primary N) is 1. The fraction of sp³-hybridized carbons (Fsp3) is 0.167. The minimum atomic E-state index is 0.675. The maximum atomic E-state index is 5.52. The smallest absolute Gasteiger partial charge is 0.115 e. The molecule has 2 rings (SSSR count). The first-order valence-electron chi connectivity index (χ1n) is 4.94. The van der Waals surface area contributed by atoms with Gasteiger partial charge in [0.15, 0.2) is 0 Å². The van der Waals surface area contributed by atoms with Gasteiger partial charge in [-0.2, -0.15) is 0 Å². The summed E-state index contributed by atoms with van der Waals surface area (Å²) in [5.41, 5.74) is 8.95. The van der Waals surface area contributed by atoms with Crippen LogP contribution in [0.2, 0.25) is 0 Å². The fourth-order valence-corrected chi connectivity index (χ4v) is 1.52.